The first-order valence-corrected chi connectivity index (χ1v) is 12.3. The molecule has 2 atom stereocenters. The van der Waals surface area contributed by atoms with Gasteiger partial charge in [-0.1, -0.05) is 26.0 Å². The van der Waals surface area contributed by atoms with Crippen LogP contribution in [0.5, 0.6) is 5.75 Å². The number of likely N-dealkylation sites (N-methyl/N-ethyl adjacent to an activating group) is 1. The Morgan fingerprint density at radius 3 is 2.31 bits per heavy atom. The SMILES string of the molecule is CCOC(=O)CCNC(=O)C(c1cccc(O)c1)N(CC)C(=O)C(CC(C)C)NC(=O)OC(C)(C)C. The van der Waals surface area contributed by atoms with Crippen LogP contribution in [-0.4, -0.2) is 65.2 Å². The number of ether oxygens (including phenoxy) is 2. The fraction of sp³-hybridized carbons (Fsp3) is 0.615. The van der Waals surface area contributed by atoms with Gasteiger partial charge < -0.3 is 30.1 Å². The van der Waals surface area contributed by atoms with Crippen LogP contribution in [-0.2, 0) is 23.9 Å². The highest BCUT2D eigenvalue weighted by atomic mass is 16.6. The lowest BCUT2D eigenvalue weighted by molar-refractivity contribution is -0.144. The van der Waals surface area contributed by atoms with Gasteiger partial charge >= 0.3 is 12.1 Å². The molecule has 0 saturated heterocycles. The average Bonchev–Trinajstić information content (AvgIpc) is 2.74. The fourth-order valence-electron chi connectivity index (χ4n) is 3.59. The van der Waals surface area contributed by atoms with Crippen molar-refractivity contribution in [1.29, 1.82) is 0 Å². The highest BCUT2D eigenvalue weighted by Gasteiger charge is 2.35. The van der Waals surface area contributed by atoms with Gasteiger partial charge in [0.05, 0.1) is 13.0 Å². The number of phenolic OH excluding ortho intramolecular Hbond substituents is 1. The molecule has 36 heavy (non-hydrogen) atoms. The summed E-state index contributed by atoms with van der Waals surface area (Å²) in [6, 6.07) is 4.03. The summed E-state index contributed by atoms with van der Waals surface area (Å²) in [6.45, 7) is 12.8. The van der Waals surface area contributed by atoms with Crippen LogP contribution in [0.25, 0.3) is 0 Å². The van der Waals surface area contributed by atoms with Crippen LogP contribution in [0.15, 0.2) is 24.3 Å². The van der Waals surface area contributed by atoms with Crippen molar-refractivity contribution in [3.05, 3.63) is 29.8 Å². The Balaban J connectivity index is 3.26. The van der Waals surface area contributed by atoms with Crippen LogP contribution in [0.4, 0.5) is 4.79 Å². The van der Waals surface area contributed by atoms with E-state index in [-0.39, 0.29) is 37.8 Å². The van der Waals surface area contributed by atoms with E-state index >= 15 is 0 Å². The van der Waals surface area contributed by atoms with E-state index in [9.17, 15) is 24.3 Å². The van der Waals surface area contributed by atoms with E-state index in [1.165, 1.54) is 17.0 Å². The van der Waals surface area contributed by atoms with Crippen molar-refractivity contribution in [3.8, 4) is 5.75 Å². The quantitative estimate of drug-likeness (QED) is 0.370. The van der Waals surface area contributed by atoms with Gasteiger partial charge in [0, 0.05) is 13.1 Å². The molecular weight excluding hydrogens is 466 g/mol. The Labute approximate surface area is 213 Å². The van der Waals surface area contributed by atoms with Crippen molar-refractivity contribution >= 4 is 23.9 Å². The molecular formula is C26H41N3O7. The lowest BCUT2D eigenvalue weighted by atomic mass is 9.99. The van der Waals surface area contributed by atoms with Crippen LogP contribution >= 0.6 is 0 Å². The number of hydrogen-bond acceptors (Lipinski definition) is 7. The van der Waals surface area contributed by atoms with Crippen molar-refractivity contribution in [3.63, 3.8) is 0 Å². The normalized spacial score (nSPS) is 12.9. The zero-order chi connectivity index (χ0) is 27.5. The fourth-order valence-corrected chi connectivity index (χ4v) is 3.59. The number of rotatable bonds is 12. The van der Waals surface area contributed by atoms with Gasteiger partial charge in [0.25, 0.3) is 0 Å². The van der Waals surface area contributed by atoms with E-state index in [2.05, 4.69) is 10.6 Å². The standard InChI is InChI=1S/C26H41N3O7/c1-8-29(24(33)20(15-17(3)4)28-25(34)36-26(5,6)7)22(18-11-10-12-19(30)16-18)23(32)27-14-13-21(31)35-9-2/h10-12,16-17,20,22,30H,8-9,13-15H2,1-7H3,(H,27,32)(H,28,34). The third-order valence-electron chi connectivity index (χ3n) is 5.00. The summed E-state index contributed by atoms with van der Waals surface area (Å²) in [5, 5.41) is 15.4. The zero-order valence-electron chi connectivity index (χ0n) is 22.4. The molecule has 2 unspecified atom stereocenters. The zero-order valence-corrected chi connectivity index (χ0v) is 22.4. The number of nitrogens with one attached hydrogen (secondary N) is 2. The maximum Gasteiger partial charge on any atom is 0.408 e. The number of nitrogens with zero attached hydrogens (tertiary/aromatic N) is 1. The van der Waals surface area contributed by atoms with Gasteiger partial charge in [-0.25, -0.2) is 4.79 Å². The van der Waals surface area contributed by atoms with Crippen molar-refractivity contribution in [2.45, 2.75) is 79.0 Å². The molecule has 10 heteroatoms. The highest BCUT2D eigenvalue weighted by Crippen LogP contribution is 2.26. The van der Waals surface area contributed by atoms with Crippen LogP contribution in [0.2, 0.25) is 0 Å². The van der Waals surface area contributed by atoms with Gasteiger partial charge in [0.1, 0.15) is 23.4 Å². The maximum atomic E-state index is 13.7. The van der Waals surface area contributed by atoms with Crippen LogP contribution < -0.4 is 10.6 Å². The van der Waals surface area contributed by atoms with Crippen LogP contribution in [0.3, 0.4) is 0 Å². The lowest BCUT2D eigenvalue weighted by Crippen LogP contribution is -2.53. The summed E-state index contributed by atoms with van der Waals surface area (Å²) in [6.07, 6.45) is -0.431. The number of amides is 3. The molecule has 0 fully saturated rings. The van der Waals surface area contributed by atoms with Crippen molar-refractivity contribution in [2.24, 2.45) is 5.92 Å². The number of phenols is 1. The molecule has 0 heterocycles. The second-order valence-corrected chi connectivity index (χ2v) is 9.80. The number of esters is 1. The maximum absolute atomic E-state index is 13.7. The van der Waals surface area contributed by atoms with Gasteiger partial charge in [0.15, 0.2) is 0 Å². The molecule has 0 aromatic heterocycles. The molecule has 3 amide bonds. The number of hydrogen-bond donors (Lipinski definition) is 3. The first-order chi connectivity index (χ1) is 16.8. The average molecular weight is 508 g/mol. The summed E-state index contributed by atoms with van der Waals surface area (Å²) >= 11 is 0. The molecule has 3 N–H and O–H groups in total. The number of alkyl carbamates (subject to hydrolysis) is 1. The number of benzene rings is 1. The minimum absolute atomic E-state index is 0.0182. The van der Waals surface area contributed by atoms with E-state index in [1.54, 1.807) is 46.8 Å². The molecule has 0 bridgehead atoms. The number of carbonyl (C=O) groups is 4. The predicted molar refractivity (Wildman–Crippen MR) is 135 cm³/mol. The third-order valence-corrected chi connectivity index (χ3v) is 5.00. The summed E-state index contributed by atoms with van der Waals surface area (Å²) in [7, 11) is 0. The third kappa shape index (κ3) is 10.5. The van der Waals surface area contributed by atoms with Crippen LogP contribution in [0, 0.1) is 5.92 Å². The minimum atomic E-state index is -1.10. The Hall–Kier alpha value is -3.30. The second kappa shape index (κ2) is 14.3. The topological polar surface area (TPSA) is 134 Å². The Morgan fingerprint density at radius 1 is 1.11 bits per heavy atom. The van der Waals surface area contributed by atoms with E-state index < -0.39 is 41.6 Å². The van der Waals surface area contributed by atoms with E-state index in [0.29, 0.717) is 12.0 Å². The second-order valence-electron chi connectivity index (χ2n) is 9.80. The largest absolute Gasteiger partial charge is 0.508 e. The Morgan fingerprint density at radius 2 is 1.78 bits per heavy atom. The summed E-state index contributed by atoms with van der Waals surface area (Å²) in [5.74, 6) is -1.45. The highest BCUT2D eigenvalue weighted by molar-refractivity contribution is 5.92. The number of carbonyl (C=O) groups excluding carboxylic acids is 4. The van der Waals surface area contributed by atoms with Crippen molar-refractivity contribution in [2.75, 3.05) is 19.7 Å². The van der Waals surface area contributed by atoms with E-state index in [1.807, 2.05) is 13.8 Å². The molecule has 0 aliphatic heterocycles. The van der Waals surface area contributed by atoms with E-state index in [0.717, 1.165) is 0 Å². The van der Waals surface area contributed by atoms with Gasteiger partial charge in [0.2, 0.25) is 11.8 Å². The summed E-state index contributed by atoms with van der Waals surface area (Å²) < 4.78 is 10.2. The van der Waals surface area contributed by atoms with Crippen molar-refractivity contribution < 1.29 is 33.8 Å². The minimum Gasteiger partial charge on any atom is -0.508 e. The molecule has 202 valence electrons. The van der Waals surface area contributed by atoms with Gasteiger partial charge in [-0.2, -0.15) is 0 Å². The lowest BCUT2D eigenvalue weighted by Gasteiger charge is -2.34. The predicted octanol–water partition coefficient (Wildman–Crippen LogP) is 3.29. The Kier molecular flexibility index (Phi) is 12.2. The van der Waals surface area contributed by atoms with Gasteiger partial charge in [-0.15, -0.1) is 0 Å². The van der Waals surface area contributed by atoms with Gasteiger partial charge in [-0.05, 0) is 64.7 Å². The monoisotopic (exact) mass is 507 g/mol. The molecule has 0 aliphatic rings. The van der Waals surface area contributed by atoms with Crippen LogP contribution in [0.1, 0.15) is 72.9 Å². The molecule has 0 aliphatic carbocycles. The van der Waals surface area contributed by atoms with E-state index in [4.69, 9.17) is 9.47 Å². The molecule has 0 saturated carbocycles. The molecule has 0 spiro atoms. The smallest absolute Gasteiger partial charge is 0.408 e. The first-order valence-electron chi connectivity index (χ1n) is 12.3. The van der Waals surface area contributed by atoms with Crippen molar-refractivity contribution in [1.82, 2.24) is 15.5 Å². The molecule has 1 rings (SSSR count). The Bertz CT molecular complexity index is 896. The molecule has 10 nitrogen and oxygen atoms in total. The molecule has 0 radical (unpaired) electrons. The summed E-state index contributed by atoms with van der Waals surface area (Å²) in [5.41, 5.74) is -0.359. The first kappa shape index (κ1) is 30.7. The van der Waals surface area contributed by atoms with Gasteiger partial charge in [-0.3, -0.25) is 14.4 Å². The number of aromatic hydroxyl groups is 1. The molecule has 1 aromatic rings. The summed E-state index contributed by atoms with van der Waals surface area (Å²) in [4.78, 5) is 52.5. The molecule has 1 aromatic carbocycles.